The van der Waals surface area contributed by atoms with Crippen LogP contribution in [0.15, 0.2) is 42.5 Å². The summed E-state index contributed by atoms with van der Waals surface area (Å²) < 4.78 is 2.69. The maximum absolute atomic E-state index is 5.86. The van der Waals surface area contributed by atoms with Crippen LogP contribution in [0.3, 0.4) is 0 Å². The summed E-state index contributed by atoms with van der Waals surface area (Å²) in [6.07, 6.45) is 0. The van der Waals surface area contributed by atoms with Gasteiger partial charge in [0.2, 0.25) is 0 Å². The number of benzene rings is 2. The van der Waals surface area contributed by atoms with Gasteiger partial charge in [-0.15, -0.1) is 0 Å². The van der Waals surface area contributed by atoms with Gasteiger partial charge in [0.25, 0.3) is 0 Å². The van der Waals surface area contributed by atoms with Crippen molar-refractivity contribution in [1.29, 1.82) is 0 Å². The number of halogens is 1. The summed E-state index contributed by atoms with van der Waals surface area (Å²) in [5, 5.41) is 0.786. The predicted octanol–water partition coefficient (Wildman–Crippen LogP) is 1.89. The maximum atomic E-state index is 5.86. The zero-order valence-corrected chi connectivity index (χ0v) is 11.4. The van der Waals surface area contributed by atoms with Crippen LogP contribution in [0.1, 0.15) is 5.56 Å². The Balaban J connectivity index is 2.23. The van der Waals surface area contributed by atoms with Crippen molar-refractivity contribution in [3.63, 3.8) is 0 Å². The minimum absolute atomic E-state index is 0.322. The minimum atomic E-state index is 0.322. The molecule has 0 aliphatic carbocycles. The Hall–Kier alpha value is -0.951. The molecular weight excluding hydrogens is 285 g/mol. The molecule has 0 bridgehead atoms. The van der Waals surface area contributed by atoms with Crippen LogP contribution in [0.4, 0.5) is 5.69 Å². The molecule has 0 spiro atoms. The molecular formula is C13H12ClNSe. The molecule has 2 N–H and O–H groups in total. The molecule has 0 saturated carbocycles. The number of hydrogen-bond donors (Lipinski definition) is 1. The molecule has 0 unspecified atom stereocenters. The second kappa shape index (κ2) is 4.92. The Labute approximate surface area is 107 Å². The molecule has 0 fully saturated rings. The quantitative estimate of drug-likeness (QED) is 0.665. The third kappa shape index (κ3) is 2.79. The van der Waals surface area contributed by atoms with Crippen LogP contribution in [0.2, 0.25) is 5.02 Å². The molecule has 0 aromatic heterocycles. The second-order valence-corrected chi connectivity index (χ2v) is 6.36. The van der Waals surface area contributed by atoms with E-state index in [4.69, 9.17) is 17.3 Å². The average Bonchev–Trinajstić information content (AvgIpc) is 2.25. The fourth-order valence-corrected chi connectivity index (χ4v) is 3.39. The molecule has 0 aliphatic heterocycles. The molecule has 2 rings (SSSR count). The Kier molecular flexibility index (Phi) is 3.55. The van der Waals surface area contributed by atoms with E-state index in [2.05, 4.69) is 25.1 Å². The number of nitrogen functional groups attached to an aromatic ring is 1. The number of nitrogens with two attached hydrogens (primary N) is 1. The molecule has 0 aliphatic rings. The van der Waals surface area contributed by atoms with Gasteiger partial charge in [0, 0.05) is 0 Å². The first-order chi connectivity index (χ1) is 7.65. The van der Waals surface area contributed by atoms with Gasteiger partial charge in [0.05, 0.1) is 0 Å². The van der Waals surface area contributed by atoms with Crippen molar-refractivity contribution in [2.24, 2.45) is 0 Å². The van der Waals surface area contributed by atoms with Crippen LogP contribution in [0.5, 0.6) is 0 Å². The van der Waals surface area contributed by atoms with Crippen LogP contribution >= 0.6 is 11.6 Å². The van der Waals surface area contributed by atoms with Crippen molar-refractivity contribution in [2.45, 2.75) is 6.92 Å². The fraction of sp³-hybridized carbons (Fsp3) is 0.0769. The Morgan fingerprint density at radius 2 is 1.75 bits per heavy atom. The van der Waals surface area contributed by atoms with E-state index in [9.17, 15) is 0 Å². The Morgan fingerprint density at radius 3 is 2.38 bits per heavy atom. The predicted molar refractivity (Wildman–Crippen MR) is 72.1 cm³/mol. The Morgan fingerprint density at radius 1 is 1.06 bits per heavy atom. The first kappa shape index (κ1) is 11.5. The van der Waals surface area contributed by atoms with E-state index in [-0.39, 0.29) is 0 Å². The van der Waals surface area contributed by atoms with Gasteiger partial charge in [0.1, 0.15) is 0 Å². The molecule has 0 atom stereocenters. The summed E-state index contributed by atoms with van der Waals surface area (Å²) in [5.74, 6) is 0. The molecule has 0 saturated heterocycles. The SMILES string of the molecule is Cc1cc(N)ccc1[Se]c1ccc(Cl)cc1. The van der Waals surface area contributed by atoms with Crippen molar-refractivity contribution in [3.05, 3.63) is 53.1 Å². The van der Waals surface area contributed by atoms with Crippen LogP contribution in [-0.2, 0) is 0 Å². The van der Waals surface area contributed by atoms with Crippen molar-refractivity contribution in [3.8, 4) is 0 Å². The Bertz CT molecular complexity index is 494. The number of anilines is 1. The number of rotatable bonds is 2. The van der Waals surface area contributed by atoms with E-state index in [0.717, 1.165) is 10.7 Å². The first-order valence-electron chi connectivity index (χ1n) is 4.95. The summed E-state index contributed by atoms with van der Waals surface area (Å²) in [6, 6.07) is 14.1. The molecule has 3 heteroatoms. The molecule has 2 aromatic rings. The molecule has 82 valence electrons. The zero-order chi connectivity index (χ0) is 11.5. The molecule has 2 aromatic carbocycles. The molecule has 0 amide bonds. The van der Waals surface area contributed by atoms with E-state index in [0.29, 0.717) is 15.0 Å². The monoisotopic (exact) mass is 297 g/mol. The zero-order valence-electron chi connectivity index (χ0n) is 8.91. The summed E-state index contributed by atoms with van der Waals surface area (Å²) in [6.45, 7) is 2.10. The van der Waals surface area contributed by atoms with Crippen molar-refractivity contribution >= 4 is 41.2 Å². The molecule has 16 heavy (non-hydrogen) atoms. The van der Waals surface area contributed by atoms with Crippen molar-refractivity contribution < 1.29 is 0 Å². The summed E-state index contributed by atoms with van der Waals surface area (Å²) in [5.41, 5.74) is 7.82. The summed E-state index contributed by atoms with van der Waals surface area (Å²) in [4.78, 5) is 0. The standard InChI is InChI=1S/C13H12ClNSe/c1-9-8-11(15)4-7-13(9)16-12-5-2-10(14)3-6-12/h2-8H,15H2,1H3. The van der Waals surface area contributed by atoms with Crippen LogP contribution < -0.4 is 14.7 Å². The van der Waals surface area contributed by atoms with Crippen LogP contribution in [0, 0.1) is 6.92 Å². The summed E-state index contributed by atoms with van der Waals surface area (Å²) >= 11 is 6.18. The van der Waals surface area contributed by atoms with Crippen molar-refractivity contribution in [2.75, 3.05) is 5.73 Å². The second-order valence-electron chi connectivity index (χ2n) is 3.58. The normalized spacial score (nSPS) is 10.4. The molecule has 0 heterocycles. The van der Waals surface area contributed by atoms with E-state index in [1.807, 2.05) is 24.3 Å². The van der Waals surface area contributed by atoms with E-state index in [1.54, 1.807) is 0 Å². The first-order valence-corrected chi connectivity index (χ1v) is 7.04. The average molecular weight is 297 g/mol. The van der Waals surface area contributed by atoms with E-state index >= 15 is 0 Å². The molecule has 1 nitrogen and oxygen atoms in total. The number of aryl methyl sites for hydroxylation is 1. The topological polar surface area (TPSA) is 26.0 Å². The fourth-order valence-electron chi connectivity index (χ4n) is 1.42. The van der Waals surface area contributed by atoms with Gasteiger partial charge in [-0.3, -0.25) is 0 Å². The van der Waals surface area contributed by atoms with Crippen molar-refractivity contribution in [1.82, 2.24) is 0 Å². The van der Waals surface area contributed by atoms with Gasteiger partial charge in [-0.2, -0.15) is 0 Å². The van der Waals surface area contributed by atoms with Crippen LogP contribution in [0.25, 0.3) is 0 Å². The number of hydrogen-bond acceptors (Lipinski definition) is 1. The summed E-state index contributed by atoms with van der Waals surface area (Å²) in [7, 11) is 0. The van der Waals surface area contributed by atoms with E-state index < -0.39 is 0 Å². The molecule has 0 radical (unpaired) electrons. The van der Waals surface area contributed by atoms with Gasteiger partial charge in [-0.05, 0) is 0 Å². The van der Waals surface area contributed by atoms with E-state index in [1.165, 1.54) is 14.5 Å². The van der Waals surface area contributed by atoms with Crippen LogP contribution in [-0.4, -0.2) is 15.0 Å². The van der Waals surface area contributed by atoms with Gasteiger partial charge in [-0.25, -0.2) is 0 Å². The third-order valence-electron chi connectivity index (χ3n) is 2.24. The van der Waals surface area contributed by atoms with Gasteiger partial charge < -0.3 is 0 Å². The van der Waals surface area contributed by atoms with Gasteiger partial charge in [0.15, 0.2) is 0 Å². The van der Waals surface area contributed by atoms with Gasteiger partial charge >= 0.3 is 107 Å². The third-order valence-corrected chi connectivity index (χ3v) is 4.98. The van der Waals surface area contributed by atoms with Gasteiger partial charge in [-0.1, -0.05) is 0 Å².